The first-order chi connectivity index (χ1) is 8.15. The molecule has 2 aromatic carbocycles. The summed E-state index contributed by atoms with van der Waals surface area (Å²) in [5.41, 5.74) is 3.82. The zero-order valence-electron chi connectivity index (χ0n) is 10.0. The van der Waals surface area contributed by atoms with Gasteiger partial charge >= 0.3 is 0 Å². The minimum atomic E-state index is 0.609. The lowest BCUT2D eigenvalue weighted by Crippen LogP contribution is -1.96. The second-order valence-electron chi connectivity index (χ2n) is 4.16. The first kappa shape index (κ1) is 12.2. The number of benzene rings is 2. The largest absolute Gasteiger partial charge is 0.489 e. The van der Waals surface area contributed by atoms with E-state index in [0.717, 1.165) is 10.2 Å². The van der Waals surface area contributed by atoms with Crippen LogP contribution in [-0.2, 0) is 6.61 Å². The number of halogens is 1. The SMILES string of the molecule is Cc1ccc(COc2cccc(Br)c2)cc1C. The van der Waals surface area contributed by atoms with Crippen molar-refractivity contribution in [3.63, 3.8) is 0 Å². The maximum atomic E-state index is 5.74. The highest BCUT2D eigenvalue weighted by Gasteiger charge is 1.99. The maximum Gasteiger partial charge on any atom is 0.120 e. The van der Waals surface area contributed by atoms with Crippen LogP contribution in [0.4, 0.5) is 0 Å². The van der Waals surface area contributed by atoms with Gasteiger partial charge in [-0.1, -0.05) is 40.2 Å². The van der Waals surface area contributed by atoms with Gasteiger partial charge in [0, 0.05) is 4.47 Å². The lowest BCUT2D eigenvalue weighted by atomic mass is 10.1. The summed E-state index contributed by atoms with van der Waals surface area (Å²) >= 11 is 3.43. The van der Waals surface area contributed by atoms with Crippen molar-refractivity contribution < 1.29 is 4.74 Å². The van der Waals surface area contributed by atoms with Gasteiger partial charge in [-0.3, -0.25) is 0 Å². The molecule has 0 aromatic heterocycles. The van der Waals surface area contributed by atoms with E-state index in [1.54, 1.807) is 0 Å². The standard InChI is InChI=1S/C15H15BrO/c1-11-6-7-13(8-12(11)2)10-17-15-5-3-4-14(16)9-15/h3-9H,10H2,1-2H3. The Balaban J connectivity index is 2.05. The van der Waals surface area contributed by atoms with Crippen LogP contribution < -0.4 is 4.74 Å². The average molecular weight is 291 g/mol. The molecule has 0 aliphatic heterocycles. The Bertz CT molecular complexity index is 520. The number of ether oxygens (including phenoxy) is 1. The number of rotatable bonds is 3. The van der Waals surface area contributed by atoms with E-state index in [-0.39, 0.29) is 0 Å². The van der Waals surface area contributed by atoms with Gasteiger partial charge in [0.05, 0.1) is 0 Å². The molecule has 88 valence electrons. The molecule has 2 aromatic rings. The highest BCUT2D eigenvalue weighted by molar-refractivity contribution is 9.10. The molecule has 2 heteroatoms. The molecule has 0 heterocycles. The Morgan fingerprint density at radius 2 is 1.82 bits per heavy atom. The average Bonchev–Trinajstić information content (AvgIpc) is 2.31. The Kier molecular flexibility index (Phi) is 3.85. The van der Waals surface area contributed by atoms with Crippen LogP contribution in [0.5, 0.6) is 5.75 Å². The van der Waals surface area contributed by atoms with Crippen molar-refractivity contribution >= 4 is 15.9 Å². The molecule has 0 saturated heterocycles. The van der Waals surface area contributed by atoms with Crippen LogP contribution in [0.25, 0.3) is 0 Å². The molecule has 0 radical (unpaired) electrons. The van der Waals surface area contributed by atoms with E-state index in [1.165, 1.54) is 16.7 Å². The predicted octanol–water partition coefficient (Wildman–Crippen LogP) is 4.64. The summed E-state index contributed by atoms with van der Waals surface area (Å²) in [4.78, 5) is 0. The molecule has 0 unspecified atom stereocenters. The van der Waals surface area contributed by atoms with Crippen LogP contribution in [0, 0.1) is 13.8 Å². The van der Waals surface area contributed by atoms with Crippen LogP contribution in [-0.4, -0.2) is 0 Å². The number of hydrogen-bond donors (Lipinski definition) is 0. The Morgan fingerprint density at radius 1 is 1.00 bits per heavy atom. The summed E-state index contributed by atoms with van der Waals surface area (Å²) in [6.45, 7) is 4.85. The molecule has 0 fully saturated rings. The molecule has 0 aliphatic carbocycles. The fourth-order valence-electron chi connectivity index (χ4n) is 1.62. The fraction of sp³-hybridized carbons (Fsp3) is 0.200. The molecule has 0 atom stereocenters. The van der Waals surface area contributed by atoms with E-state index < -0.39 is 0 Å². The Morgan fingerprint density at radius 3 is 2.53 bits per heavy atom. The van der Waals surface area contributed by atoms with Crippen molar-refractivity contribution in [2.75, 3.05) is 0 Å². The molecule has 0 aliphatic rings. The first-order valence-electron chi connectivity index (χ1n) is 5.59. The predicted molar refractivity (Wildman–Crippen MR) is 74.4 cm³/mol. The summed E-state index contributed by atoms with van der Waals surface area (Å²) in [7, 11) is 0. The molecule has 0 amide bonds. The quantitative estimate of drug-likeness (QED) is 0.800. The topological polar surface area (TPSA) is 9.23 Å². The van der Waals surface area contributed by atoms with E-state index in [1.807, 2.05) is 24.3 Å². The molecule has 17 heavy (non-hydrogen) atoms. The van der Waals surface area contributed by atoms with Crippen LogP contribution in [0.15, 0.2) is 46.9 Å². The van der Waals surface area contributed by atoms with E-state index in [2.05, 4.69) is 48.0 Å². The monoisotopic (exact) mass is 290 g/mol. The number of hydrogen-bond acceptors (Lipinski definition) is 1. The lowest BCUT2D eigenvalue weighted by molar-refractivity contribution is 0.306. The summed E-state index contributed by atoms with van der Waals surface area (Å²) in [5.74, 6) is 0.887. The molecule has 0 saturated carbocycles. The van der Waals surface area contributed by atoms with Gasteiger partial charge in [0.1, 0.15) is 12.4 Å². The third-order valence-corrected chi connectivity index (χ3v) is 3.27. The summed E-state index contributed by atoms with van der Waals surface area (Å²) in [6, 6.07) is 14.3. The van der Waals surface area contributed by atoms with E-state index in [0.29, 0.717) is 6.61 Å². The Labute approximate surface area is 111 Å². The van der Waals surface area contributed by atoms with Crippen molar-refractivity contribution in [1.82, 2.24) is 0 Å². The molecular weight excluding hydrogens is 276 g/mol. The van der Waals surface area contributed by atoms with Gasteiger partial charge in [0.15, 0.2) is 0 Å². The summed E-state index contributed by atoms with van der Waals surface area (Å²) in [5, 5.41) is 0. The highest BCUT2D eigenvalue weighted by atomic mass is 79.9. The lowest BCUT2D eigenvalue weighted by Gasteiger charge is -2.08. The van der Waals surface area contributed by atoms with Gasteiger partial charge in [-0.15, -0.1) is 0 Å². The number of aryl methyl sites for hydroxylation is 2. The van der Waals surface area contributed by atoms with Crippen molar-refractivity contribution in [3.8, 4) is 5.75 Å². The third kappa shape index (κ3) is 3.34. The van der Waals surface area contributed by atoms with E-state index >= 15 is 0 Å². The highest BCUT2D eigenvalue weighted by Crippen LogP contribution is 2.19. The smallest absolute Gasteiger partial charge is 0.120 e. The minimum Gasteiger partial charge on any atom is -0.489 e. The third-order valence-electron chi connectivity index (χ3n) is 2.77. The van der Waals surface area contributed by atoms with Crippen molar-refractivity contribution in [2.24, 2.45) is 0 Å². The van der Waals surface area contributed by atoms with Crippen LogP contribution >= 0.6 is 15.9 Å². The fourth-order valence-corrected chi connectivity index (χ4v) is 1.99. The second-order valence-corrected chi connectivity index (χ2v) is 5.08. The van der Waals surface area contributed by atoms with Gasteiger partial charge in [0.2, 0.25) is 0 Å². The van der Waals surface area contributed by atoms with Gasteiger partial charge in [-0.25, -0.2) is 0 Å². The summed E-state index contributed by atoms with van der Waals surface area (Å²) < 4.78 is 6.77. The molecule has 0 bridgehead atoms. The molecular formula is C15H15BrO. The van der Waals surface area contributed by atoms with Gasteiger partial charge in [-0.05, 0) is 48.7 Å². The van der Waals surface area contributed by atoms with Gasteiger partial charge in [-0.2, -0.15) is 0 Å². The molecule has 2 rings (SSSR count). The van der Waals surface area contributed by atoms with Gasteiger partial charge < -0.3 is 4.74 Å². The first-order valence-corrected chi connectivity index (χ1v) is 6.39. The molecule has 1 nitrogen and oxygen atoms in total. The van der Waals surface area contributed by atoms with Crippen molar-refractivity contribution in [1.29, 1.82) is 0 Å². The van der Waals surface area contributed by atoms with Crippen LogP contribution in [0.3, 0.4) is 0 Å². The van der Waals surface area contributed by atoms with E-state index in [4.69, 9.17) is 4.74 Å². The molecule has 0 spiro atoms. The Hall–Kier alpha value is -1.28. The van der Waals surface area contributed by atoms with E-state index in [9.17, 15) is 0 Å². The van der Waals surface area contributed by atoms with Crippen molar-refractivity contribution in [2.45, 2.75) is 20.5 Å². The zero-order valence-corrected chi connectivity index (χ0v) is 11.6. The second kappa shape index (κ2) is 5.37. The zero-order chi connectivity index (χ0) is 12.3. The molecule has 0 N–H and O–H groups in total. The summed E-state index contributed by atoms with van der Waals surface area (Å²) in [6.07, 6.45) is 0. The normalized spacial score (nSPS) is 10.3. The minimum absolute atomic E-state index is 0.609. The van der Waals surface area contributed by atoms with Crippen LogP contribution in [0.1, 0.15) is 16.7 Å². The van der Waals surface area contributed by atoms with Gasteiger partial charge in [0.25, 0.3) is 0 Å². The van der Waals surface area contributed by atoms with Crippen LogP contribution in [0.2, 0.25) is 0 Å². The maximum absolute atomic E-state index is 5.74. The van der Waals surface area contributed by atoms with Crippen molar-refractivity contribution in [3.05, 3.63) is 63.6 Å².